The van der Waals surface area contributed by atoms with Crippen LogP contribution in [0.15, 0.2) is 24.3 Å². The molecule has 94 valence electrons. The topological polar surface area (TPSA) is 35.5 Å². The average molecular weight is 350 g/mol. The molecule has 0 heterocycles. The number of carbonyl (C=O) groups excluding carboxylic acids is 1. The van der Waals surface area contributed by atoms with Crippen LogP contribution in [-0.4, -0.2) is 40.6 Å². The summed E-state index contributed by atoms with van der Waals surface area (Å²) in [6.07, 6.45) is 0. The van der Waals surface area contributed by atoms with E-state index in [4.69, 9.17) is 9.47 Å². The summed E-state index contributed by atoms with van der Waals surface area (Å²) in [7, 11) is 1.65. The summed E-state index contributed by atoms with van der Waals surface area (Å²) < 4.78 is 11.1. The van der Waals surface area contributed by atoms with Crippen molar-refractivity contribution in [2.45, 2.75) is 24.2 Å². The Kier molecular flexibility index (Phi) is 5.29. The van der Waals surface area contributed by atoms with Gasteiger partial charge in [-0.25, -0.2) is 0 Å². The summed E-state index contributed by atoms with van der Waals surface area (Å²) >= 11 is -0.617. The van der Waals surface area contributed by atoms with Gasteiger partial charge < -0.3 is 0 Å². The van der Waals surface area contributed by atoms with Gasteiger partial charge >= 0.3 is 113 Å². The van der Waals surface area contributed by atoms with Crippen LogP contribution in [0, 0.1) is 0 Å². The molecule has 0 bridgehead atoms. The summed E-state index contributed by atoms with van der Waals surface area (Å²) in [5, 5.41) is 0. The first-order chi connectivity index (χ1) is 7.99. The second-order valence-electron chi connectivity index (χ2n) is 4.01. The molecule has 0 saturated carbocycles. The Bertz CT molecular complexity index is 371. The van der Waals surface area contributed by atoms with Gasteiger partial charge in [0.1, 0.15) is 0 Å². The number of methoxy groups -OCH3 is 1. The van der Waals surface area contributed by atoms with E-state index >= 15 is 0 Å². The number of ether oxygens (including phenoxy) is 2. The van der Waals surface area contributed by atoms with Gasteiger partial charge in [0, 0.05) is 0 Å². The summed E-state index contributed by atoms with van der Waals surface area (Å²) in [5.74, 6) is 0.744. The van der Waals surface area contributed by atoms with Crippen molar-refractivity contribution in [3.05, 3.63) is 24.3 Å². The van der Waals surface area contributed by atoms with Gasteiger partial charge in [-0.05, 0) is 0 Å². The molecule has 0 atom stereocenters. The van der Waals surface area contributed by atoms with Gasteiger partial charge in [0.25, 0.3) is 0 Å². The number of hydrogen-bond donors (Lipinski definition) is 0. The van der Waals surface area contributed by atoms with Crippen molar-refractivity contribution >= 4 is 30.5 Å². The zero-order valence-corrected chi connectivity index (χ0v) is 13.0. The Balaban J connectivity index is 2.71. The van der Waals surface area contributed by atoms with E-state index in [0.29, 0.717) is 6.61 Å². The predicted octanol–water partition coefficient (Wildman–Crippen LogP) is 1.79. The van der Waals surface area contributed by atoms with E-state index in [1.165, 1.54) is 3.61 Å². The Morgan fingerprint density at radius 3 is 2.35 bits per heavy atom. The maximum absolute atomic E-state index is 11.8. The normalized spacial score (nSPS) is 11.1. The first kappa shape index (κ1) is 14.3. The SMILES string of the molecule is CCOC(=O)C(C)(C)[Te]c1ccc(OC)cc1. The Hall–Kier alpha value is -0.720. The molecule has 0 aliphatic rings. The fourth-order valence-electron chi connectivity index (χ4n) is 1.28. The molecule has 0 spiro atoms. The van der Waals surface area contributed by atoms with Gasteiger partial charge in [-0.3, -0.25) is 0 Å². The van der Waals surface area contributed by atoms with Gasteiger partial charge in [0.15, 0.2) is 0 Å². The molecule has 4 heteroatoms. The van der Waals surface area contributed by atoms with Crippen molar-refractivity contribution in [3.8, 4) is 5.75 Å². The van der Waals surface area contributed by atoms with Crippen LogP contribution < -0.4 is 8.35 Å². The zero-order chi connectivity index (χ0) is 12.9. The van der Waals surface area contributed by atoms with Gasteiger partial charge in [-0.1, -0.05) is 0 Å². The van der Waals surface area contributed by atoms with Crippen molar-refractivity contribution in [2.75, 3.05) is 13.7 Å². The molecule has 0 aromatic heterocycles. The third kappa shape index (κ3) is 4.22. The van der Waals surface area contributed by atoms with Gasteiger partial charge in [0.2, 0.25) is 0 Å². The molecular weight excluding hydrogens is 332 g/mol. The van der Waals surface area contributed by atoms with Crippen LogP contribution in [0.2, 0.25) is 3.46 Å². The molecule has 0 amide bonds. The summed E-state index contributed by atoms with van der Waals surface area (Å²) in [5.41, 5.74) is 0. The zero-order valence-electron chi connectivity index (χ0n) is 10.6. The number of rotatable bonds is 5. The van der Waals surface area contributed by atoms with E-state index in [1.54, 1.807) is 7.11 Å². The quantitative estimate of drug-likeness (QED) is 0.600. The van der Waals surface area contributed by atoms with Crippen LogP contribution in [0.3, 0.4) is 0 Å². The van der Waals surface area contributed by atoms with Crippen LogP contribution in [0.1, 0.15) is 20.8 Å². The number of esters is 1. The van der Waals surface area contributed by atoms with Crippen molar-refractivity contribution in [2.24, 2.45) is 0 Å². The van der Waals surface area contributed by atoms with E-state index in [1.807, 2.05) is 45.0 Å². The first-order valence-electron chi connectivity index (χ1n) is 5.50. The molecule has 0 N–H and O–H groups in total. The van der Waals surface area contributed by atoms with E-state index in [2.05, 4.69) is 0 Å². The summed E-state index contributed by atoms with van der Waals surface area (Å²) in [4.78, 5) is 11.8. The molecule has 1 aromatic carbocycles. The third-order valence-electron chi connectivity index (χ3n) is 2.20. The van der Waals surface area contributed by atoms with Crippen molar-refractivity contribution < 1.29 is 14.3 Å². The van der Waals surface area contributed by atoms with E-state index in [0.717, 1.165) is 5.75 Å². The molecule has 1 rings (SSSR count). The molecule has 0 aliphatic heterocycles. The molecular formula is C13H18O3Te. The van der Waals surface area contributed by atoms with Crippen LogP contribution in [0.4, 0.5) is 0 Å². The van der Waals surface area contributed by atoms with E-state index < -0.39 is 20.9 Å². The van der Waals surface area contributed by atoms with Gasteiger partial charge in [-0.15, -0.1) is 0 Å². The molecule has 3 nitrogen and oxygen atoms in total. The molecule has 17 heavy (non-hydrogen) atoms. The third-order valence-corrected chi connectivity index (χ3v) is 5.58. The Morgan fingerprint density at radius 1 is 1.29 bits per heavy atom. The molecule has 0 radical (unpaired) electrons. The molecule has 0 saturated heterocycles. The average Bonchev–Trinajstić information content (AvgIpc) is 2.30. The molecule has 0 unspecified atom stereocenters. The van der Waals surface area contributed by atoms with Gasteiger partial charge in [-0.2, -0.15) is 0 Å². The van der Waals surface area contributed by atoms with Crippen molar-refractivity contribution in [1.82, 2.24) is 0 Å². The van der Waals surface area contributed by atoms with Crippen LogP contribution in [-0.2, 0) is 9.53 Å². The molecule has 0 fully saturated rings. The standard InChI is InChI=1S/C13H18O3Te/c1-5-16-12(14)13(2,3)17-11-8-6-10(15-4)7-9-11/h6-9H,5H2,1-4H3. The fourth-order valence-corrected chi connectivity index (χ4v) is 4.15. The predicted molar refractivity (Wildman–Crippen MR) is 69.1 cm³/mol. The molecule has 0 aliphatic carbocycles. The maximum atomic E-state index is 11.8. The van der Waals surface area contributed by atoms with E-state index in [9.17, 15) is 4.79 Å². The van der Waals surface area contributed by atoms with Crippen LogP contribution >= 0.6 is 0 Å². The number of benzene rings is 1. The van der Waals surface area contributed by atoms with Crippen LogP contribution in [0.25, 0.3) is 0 Å². The molecule has 1 aromatic rings. The second kappa shape index (κ2) is 6.28. The van der Waals surface area contributed by atoms with E-state index in [-0.39, 0.29) is 9.43 Å². The monoisotopic (exact) mass is 352 g/mol. The first-order valence-corrected chi connectivity index (χ1v) is 7.83. The minimum absolute atomic E-state index is 0.0989. The minimum atomic E-state index is -0.617. The van der Waals surface area contributed by atoms with Crippen LogP contribution in [0.5, 0.6) is 5.75 Å². The van der Waals surface area contributed by atoms with Gasteiger partial charge in [0.05, 0.1) is 0 Å². The number of hydrogen-bond acceptors (Lipinski definition) is 3. The Morgan fingerprint density at radius 2 is 1.88 bits per heavy atom. The second-order valence-corrected chi connectivity index (χ2v) is 8.85. The van der Waals surface area contributed by atoms with Crippen molar-refractivity contribution in [3.63, 3.8) is 0 Å². The summed E-state index contributed by atoms with van der Waals surface area (Å²) in [6.45, 7) is 6.19. The fraction of sp³-hybridized carbons (Fsp3) is 0.462. The Labute approximate surface area is 113 Å². The summed E-state index contributed by atoms with van der Waals surface area (Å²) in [6, 6.07) is 7.92. The van der Waals surface area contributed by atoms with Crippen molar-refractivity contribution in [1.29, 1.82) is 0 Å². The number of carbonyl (C=O) groups is 1.